The van der Waals surface area contributed by atoms with E-state index in [1.165, 1.54) is 17.0 Å². The molecule has 3 amide bonds. The number of benzene rings is 4. The van der Waals surface area contributed by atoms with Crippen LogP contribution in [0.25, 0.3) is 0 Å². The monoisotopic (exact) mass is 693 g/mol. The first-order chi connectivity index (χ1) is 23.8. The van der Waals surface area contributed by atoms with Crippen molar-refractivity contribution >= 4 is 33.4 Å². The molecule has 0 radical (unpaired) electrons. The van der Waals surface area contributed by atoms with Crippen molar-refractivity contribution in [2.45, 2.75) is 62.1 Å². The number of nitrogens with zero attached hydrogens (tertiary/aromatic N) is 1. The molecule has 4 aromatic rings. The zero-order valence-corrected chi connectivity index (χ0v) is 29.6. The number of alkyl carbamates (subject to hydrolysis) is 1. The third kappa shape index (κ3) is 8.67. The predicted octanol–water partition coefficient (Wildman–Crippen LogP) is 6.32. The molecule has 0 unspecified atom stereocenters. The number of amides is 3. The fourth-order valence-corrected chi connectivity index (χ4v) is 6.76. The van der Waals surface area contributed by atoms with Crippen LogP contribution in [0.1, 0.15) is 55.9 Å². The first-order valence-electron chi connectivity index (χ1n) is 16.6. The topological polar surface area (TPSA) is 122 Å². The molecule has 0 fully saturated rings. The SMILES string of the molecule is CC(C)(C)OC(=O)N[C@H](/C=C/C(=O)N1CCc2ccc(S(C)(=O)=O)cc21)CCC(=O)NC(c1ccccc1)(c1ccccc1)c1ccccc1. The lowest BCUT2D eigenvalue weighted by Crippen LogP contribution is -2.48. The summed E-state index contributed by atoms with van der Waals surface area (Å²) in [4.78, 5) is 42.0. The van der Waals surface area contributed by atoms with Gasteiger partial charge in [-0.25, -0.2) is 13.2 Å². The van der Waals surface area contributed by atoms with Gasteiger partial charge in [-0.15, -0.1) is 0 Å². The molecule has 260 valence electrons. The van der Waals surface area contributed by atoms with E-state index in [0.717, 1.165) is 28.5 Å². The van der Waals surface area contributed by atoms with Crippen LogP contribution in [0.4, 0.5) is 10.5 Å². The number of carbonyl (C=O) groups excluding carboxylic acids is 3. The van der Waals surface area contributed by atoms with E-state index < -0.39 is 33.1 Å². The van der Waals surface area contributed by atoms with E-state index in [9.17, 15) is 22.8 Å². The minimum absolute atomic E-state index is 0.0114. The van der Waals surface area contributed by atoms with E-state index in [-0.39, 0.29) is 29.6 Å². The van der Waals surface area contributed by atoms with Crippen LogP contribution >= 0.6 is 0 Å². The van der Waals surface area contributed by atoms with Crippen molar-refractivity contribution in [1.82, 2.24) is 10.6 Å². The average molecular weight is 694 g/mol. The molecule has 1 heterocycles. The van der Waals surface area contributed by atoms with Crippen LogP contribution in [0.3, 0.4) is 0 Å². The molecule has 1 aliphatic heterocycles. The predicted molar refractivity (Wildman–Crippen MR) is 194 cm³/mol. The Balaban J connectivity index is 1.40. The Kier molecular flexibility index (Phi) is 10.9. The van der Waals surface area contributed by atoms with Crippen molar-refractivity contribution in [3.63, 3.8) is 0 Å². The highest BCUT2D eigenvalue weighted by atomic mass is 32.2. The van der Waals surface area contributed by atoms with Crippen LogP contribution in [-0.2, 0) is 36.1 Å². The number of hydrogen-bond acceptors (Lipinski definition) is 6. The molecule has 9 nitrogen and oxygen atoms in total. The first kappa shape index (κ1) is 36.1. The molecule has 0 aliphatic carbocycles. The molecule has 0 saturated heterocycles. The highest BCUT2D eigenvalue weighted by Gasteiger charge is 2.38. The third-order valence-corrected chi connectivity index (χ3v) is 9.56. The Bertz CT molecular complexity index is 1860. The number of nitrogens with one attached hydrogen (secondary N) is 2. The zero-order valence-electron chi connectivity index (χ0n) is 28.8. The normalized spacial score (nSPS) is 13.8. The van der Waals surface area contributed by atoms with Gasteiger partial charge in [0.05, 0.1) is 10.9 Å². The number of sulfone groups is 1. The smallest absolute Gasteiger partial charge is 0.408 e. The fraction of sp³-hybridized carbons (Fsp3) is 0.275. The average Bonchev–Trinajstić information content (AvgIpc) is 3.52. The summed E-state index contributed by atoms with van der Waals surface area (Å²) in [6.45, 7) is 5.64. The molecule has 0 saturated carbocycles. The molecule has 1 atom stereocenters. The molecule has 10 heteroatoms. The summed E-state index contributed by atoms with van der Waals surface area (Å²) >= 11 is 0. The maximum Gasteiger partial charge on any atom is 0.408 e. The summed E-state index contributed by atoms with van der Waals surface area (Å²) in [6.07, 6.45) is 4.11. The number of ether oxygens (including phenoxy) is 1. The molecule has 1 aliphatic rings. The largest absolute Gasteiger partial charge is 0.444 e. The molecular formula is C40H43N3O6S. The maximum absolute atomic E-state index is 14.0. The quantitative estimate of drug-likeness (QED) is 0.140. The van der Waals surface area contributed by atoms with Crippen molar-refractivity contribution in [3.05, 3.63) is 144 Å². The second kappa shape index (κ2) is 15.1. The molecule has 0 bridgehead atoms. The van der Waals surface area contributed by atoms with Gasteiger partial charge < -0.3 is 20.3 Å². The Morgan fingerprint density at radius 3 is 1.88 bits per heavy atom. The molecule has 2 N–H and O–H groups in total. The number of anilines is 1. The molecule has 50 heavy (non-hydrogen) atoms. The molecule has 0 aromatic heterocycles. The summed E-state index contributed by atoms with van der Waals surface area (Å²) < 4.78 is 29.8. The van der Waals surface area contributed by atoms with Gasteiger partial charge in [0.15, 0.2) is 9.84 Å². The van der Waals surface area contributed by atoms with Crippen molar-refractivity contribution in [3.8, 4) is 0 Å². The summed E-state index contributed by atoms with van der Waals surface area (Å²) in [6, 6.07) is 33.4. The lowest BCUT2D eigenvalue weighted by molar-refractivity contribution is -0.122. The first-order valence-corrected chi connectivity index (χ1v) is 18.5. The summed E-state index contributed by atoms with van der Waals surface area (Å²) in [5.41, 5.74) is 2.28. The van der Waals surface area contributed by atoms with Crippen molar-refractivity contribution in [2.75, 3.05) is 17.7 Å². The van der Waals surface area contributed by atoms with Crippen LogP contribution in [0, 0.1) is 0 Å². The second-order valence-corrected chi connectivity index (χ2v) is 15.4. The highest BCUT2D eigenvalue weighted by Crippen LogP contribution is 2.37. The van der Waals surface area contributed by atoms with Gasteiger partial charge in [-0.2, -0.15) is 0 Å². The molecular weight excluding hydrogens is 651 g/mol. The Labute approximate surface area is 294 Å². The van der Waals surface area contributed by atoms with Crippen LogP contribution in [-0.4, -0.2) is 50.8 Å². The van der Waals surface area contributed by atoms with Crippen LogP contribution in [0.2, 0.25) is 0 Å². The fourth-order valence-electron chi connectivity index (χ4n) is 6.12. The van der Waals surface area contributed by atoms with Gasteiger partial charge in [-0.3, -0.25) is 9.59 Å². The minimum Gasteiger partial charge on any atom is -0.444 e. The van der Waals surface area contributed by atoms with Gasteiger partial charge in [0.2, 0.25) is 5.91 Å². The summed E-state index contributed by atoms with van der Waals surface area (Å²) in [5.74, 6) is -0.634. The van der Waals surface area contributed by atoms with Gasteiger partial charge in [-0.1, -0.05) is 103 Å². The van der Waals surface area contributed by atoms with Gasteiger partial charge in [0.25, 0.3) is 5.91 Å². The van der Waals surface area contributed by atoms with E-state index in [1.54, 1.807) is 39.0 Å². The number of rotatable bonds is 11. The van der Waals surface area contributed by atoms with Crippen LogP contribution in [0.5, 0.6) is 0 Å². The Morgan fingerprint density at radius 2 is 1.38 bits per heavy atom. The van der Waals surface area contributed by atoms with Gasteiger partial charge in [-0.05, 0) is 68.0 Å². The van der Waals surface area contributed by atoms with Crippen molar-refractivity contribution in [1.29, 1.82) is 0 Å². The summed E-state index contributed by atoms with van der Waals surface area (Å²) in [5, 5.41) is 6.14. The van der Waals surface area contributed by atoms with Gasteiger partial charge in [0.1, 0.15) is 11.1 Å². The van der Waals surface area contributed by atoms with Gasteiger partial charge in [0, 0.05) is 31.0 Å². The third-order valence-electron chi connectivity index (χ3n) is 8.45. The Hall–Kier alpha value is -5.22. The number of fused-ring (bicyclic) bond motifs is 1. The lowest BCUT2D eigenvalue weighted by Gasteiger charge is -2.37. The molecule has 5 rings (SSSR count). The van der Waals surface area contributed by atoms with E-state index in [0.29, 0.717) is 18.7 Å². The molecule has 0 spiro atoms. The van der Waals surface area contributed by atoms with E-state index >= 15 is 0 Å². The van der Waals surface area contributed by atoms with Crippen molar-refractivity contribution in [2.24, 2.45) is 0 Å². The molecule has 4 aromatic carbocycles. The van der Waals surface area contributed by atoms with E-state index in [4.69, 9.17) is 4.74 Å². The second-order valence-electron chi connectivity index (χ2n) is 13.3. The minimum atomic E-state index is -3.47. The van der Waals surface area contributed by atoms with E-state index in [2.05, 4.69) is 10.6 Å². The lowest BCUT2D eigenvalue weighted by atomic mass is 9.77. The Morgan fingerprint density at radius 1 is 0.840 bits per heavy atom. The zero-order chi connectivity index (χ0) is 35.9. The standard InChI is InChI=1S/C40H43N3O6S/c1-39(2,3)49-38(46)41-33(22-25-37(45)43-27-26-29-20-23-34(28-35(29)43)50(4,47)48)21-24-36(44)42-40(30-14-8-5-9-15-30,31-16-10-6-11-17-31)32-18-12-7-13-19-32/h5-20,22-23,25,28,33H,21,24,26-27H2,1-4H3,(H,41,46)(H,42,44)/b25-22+/t33-/m0/s1. The van der Waals surface area contributed by atoms with Crippen molar-refractivity contribution < 1.29 is 27.5 Å². The number of hydrogen-bond donors (Lipinski definition) is 2. The highest BCUT2D eigenvalue weighted by molar-refractivity contribution is 7.90. The number of carbonyl (C=O) groups is 3. The van der Waals surface area contributed by atoms with Crippen LogP contribution < -0.4 is 15.5 Å². The van der Waals surface area contributed by atoms with Gasteiger partial charge >= 0.3 is 6.09 Å². The maximum atomic E-state index is 14.0. The van der Waals surface area contributed by atoms with Crippen LogP contribution in [0.15, 0.2) is 126 Å². The van der Waals surface area contributed by atoms with E-state index in [1.807, 2.05) is 91.0 Å². The summed E-state index contributed by atoms with van der Waals surface area (Å²) in [7, 11) is -3.47.